The monoisotopic (exact) mass is 323 g/mol. The Hall–Kier alpha value is -2.73. The van der Waals surface area contributed by atoms with Gasteiger partial charge in [-0.1, -0.05) is 40.8 Å². The molecule has 1 amide bonds. The van der Waals surface area contributed by atoms with Crippen molar-refractivity contribution in [2.75, 3.05) is 11.9 Å². The minimum Gasteiger partial charge on any atom is -0.356 e. The van der Waals surface area contributed by atoms with Crippen molar-refractivity contribution in [1.82, 2.24) is 10.1 Å². The Balaban J connectivity index is 1.60. The summed E-state index contributed by atoms with van der Waals surface area (Å²) >= 11 is 1.50. The van der Waals surface area contributed by atoms with E-state index in [1.807, 2.05) is 48.5 Å². The summed E-state index contributed by atoms with van der Waals surface area (Å²) < 4.78 is 6.31. The molecule has 4 rings (SSSR count). The number of likely N-dealkylation sites (N-methyl/N-ethyl adjacent to an activating group) is 1. The molecule has 2 aromatic carbocycles. The lowest BCUT2D eigenvalue weighted by molar-refractivity contribution is -0.117. The van der Waals surface area contributed by atoms with Gasteiger partial charge in [0.05, 0.1) is 16.6 Å². The maximum atomic E-state index is 12.5. The number of anilines is 1. The Kier molecular flexibility index (Phi) is 3.31. The van der Waals surface area contributed by atoms with E-state index in [1.54, 1.807) is 11.9 Å². The molecule has 0 saturated carbocycles. The van der Waals surface area contributed by atoms with Crippen LogP contribution in [0.1, 0.15) is 5.69 Å². The van der Waals surface area contributed by atoms with Gasteiger partial charge in [0.15, 0.2) is 10.7 Å². The van der Waals surface area contributed by atoms with Gasteiger partial charge in [-0.05, 0) is 24.3 Å². The number of carbonyl (C=O) groups is 1. The van der Waals surface area contributed by atoms with Crippen LogP contribution in [0, 0.1) is 0 Å². The van der Waals surface area contributed by atoms with E-state index in [1.165, 1.54) is 11.3 Å². The maximum absolute atomic E-state index is 12.5. The van der Waals surface area contributed by atoms with Gasteiger partial charge < -0.3 is 4.52 Å². The predicted octanol–water partition coefficient (Wildman–Crippen LogP) is 3.64. The molecule has 114 valence electrons. The summed E-state index contributed by atoms with van der Waals surface area (Å²) in [5.74, 6) is -0.0666. The summed E-state index contributed by atoms with van der Waals surface area (Å²) in [6.07, 6.45) is 0.184. The third-order valence-corrected chi connectivity index (χ3v) is 4.83. The standard InChI is InChI=1S/C17H13N3O2S/c1-20(17-18-12-7-3-5-9-15(12)23-17)16(21)10-13-11-6-2-4-8-14(11)22-19-13/h2-9H,10H2,1H3. The first-order valence-corrected chi connectivity index (χ1v) is 7.99. The molecule has 0 bridgehead atoms. The van der Waals surface area contributed by atoms with E-state index in [2.05, 4.69) is 10.1 Å². The van der Waals surface area contributed by atoms with E-state index in [0.717, 1.165) is 15.6 Å². The number of nitrogens with zero attached hydrogens (tertiary/aromatic N) is 3. The van der Waals surface area contributed by atoms with Crippen molar-refractivity contribution in [3.63, 3.8) is 0 Å². The van der Waals surface area contributed by atoms with Gasteiger partial charge in [-0.25, -0.2) is 4.98 Å². The van der Waals surface area contributed by atoms with Crippen molar-refractivity contribution in [1.29, 1.82) is 0 Å². The van der Waals surface area contributed by atoms with E-state index in [0.29, 0.717) is 16.4 Å². The van der Waals surface area contributed by atoms with Crippen LogP contribution in [-0.2, 0) is 11.2 Å². The SMILES string of the molecule is CN(C(=O)Cc1noc2ccccc12)c1nc2ccccc2s1. The number of aromatic nitrogens is 2. The Morgan fingerprint density at radius 2 is 1.96 bits per heavy atom. The number of rotatable bonds is 3. The second-order valence-corrected chi connectivity index (χ2v) is 6.23. The third kappa shape index (κ3) is 2.47. The van der Waals surface area contributed by atoms with Crippen molar-refractivity contribution in [3.8, 4) is 0 Å². The summed E-state index contributed by atoms with van der Waals surface area (Å²) in [6.45, 7) is 0. The Morgan fingerprint density at radius 1 is 1.17 bits per heavy atom. The predicted molar refractivity (Wildman–Crippen MR) is 90.7 cm³/mol. The number of hydrogen-bond donors (Lipinski definition) is 0. The lowest BCUT2D eigenvalue weighted by atomic mass is 10.1. The number of benzene rings is 2. The van der Waals surface area contributed by atoms with Gasteiger partial charge in [0.25, 0.3) is 0 Å². The molecule has 0 aliphatic heterocycles. The second kappa shape index (κ2) is 5.48. The largest absolute Gasteiger partial charge is 0.356 e. The Morgan fingerprint density at radius 3 is 2.83 bits per heavy atom. The fourth-order valence-corrected chi connectivity index (χ4v) is 3.38. The number of hydrogen-bond acceptors (Lipinski definition) is 5. The van der Waals surface area contributed by atoms with Crippen LogP contribution in [0.25, 0.3) is 21.2 Å². The first-order chi connectivity index (χ1) is 11.2. The third-order valence-electron chi connectivity index (χ3n) is 3.71. The van der Waals surface area contributed by atoms with Gasteiger partial charge in [0, 0.05) is 12.4 Å². The zero-order valence-electron chi connectivity index (χ0n) is 12.4. The van der Waals surface area contributed by atoms with Crippen molar-refractivity contribution < 1.29 is 9.32 Å². The van der Waals surface area contributed by atoms with Crippen molar-refractivity contribution in [2.24, 2.45) is 0 Å². The molecule has 0 fully saturated rings. The van der Waals surface area contributed by atoms with E-state index >= 15 is 0 Å². The molecule has 0 saturated heterocycles. The van der Waals surface area contributed by atoms with Gasteiger partial charge in [-0.15, -0.1) is 0 Å². The molecule has 0 N–H and O–H groups in total. The fourth-order valence-electron chi connectivity index (χ4n) is 2.44. The van der Waals surface area contributed by atoms with Crippen LogP contribution in [0.4, 0.5) is 5.13 Å². The van der Waals surface area contributed by atoms with Gasteiger partial charge in [0.2, 0.25) is 5.91 Å². The first kappa shape index (κ1) is 13.9. The summed E-state index contributed by atoms with van der Waals surface area (Å²) in [4.78, 5) is 18.6. The van der Waals surface area contributed by atoms with Gasteiger partial charge in [0.1, 0.15) is 5.69 Å². The average molecular weight is 323 g/mol. The number of amides is 1. The molecular formula is C17H13N3O2S. The highest BCUT2D eigenvalue weighted by atomic mass is 32.1. The molecule has 0 spiro atoms. The highest BCUT2D eigenvalue weighted by molar-refractivity contribution is 7.22. The number of fused-ring (bicyclic) bond motifs is 2. The second-order valence-electron chi connectivity index (χ2n) is 5.22. The first-order valence-electron chi connectivity index (χ1n) is 7.18. The summed E-state index contributed by atoms with van der Waals surface area (Å²) in [7, 11) is 1.74. The molecule has 2 aromatic heterocycles. The molecule has 0 atom stereocenters. The zero-order valence-corrected chi connectivity index (χ0v) is 13.2. The van der Waals surface area contributed by atoms with Crippen LogP contribution in [0.5, 0.6) is 0 Å². The van der Waals surface area contributed by atoms with Crippen molar-refractivity contribution in [2.45, 2.75) is 6.42 Å². The van der Waals surface area contributed by atoms with Crippen LogP contribution in [0.3, 0.4) is 0 Å². The average Bonchev–Trinajstić information content (AvgIpc) is 3.18. The van der Waals surface area contributed by atoms with Crippen molar-refractivity contribution >= 4 is 43.6 Å². The molecule has 6 heteroatoms. The fraction of sp³-hybridized carbons (Fsp3) is 0.118. The lowest BCUT2D eigenvalue weighted by Crippen LogP contribution is -2.27. The lowest BCUT2D eigenvalue weighted by Gasteiger charge is -2.12. The highest BCUT2D eigenvalue weighted by Gasteiger charge is 2.18. The number of para-hydroxylation sites is 2. The maximum Gasteiger partial charge on any atom is 0.234 e. The van der Waals surface area contributed by atoms with Gasteiger partial charge in [-0.3, -0.25) is 9.69 Å². The molecule has 5 nitrogen and oxygen atoms in total. The van der Waals surface area contributed by atoms with Gasteiger partial charge >= 0.3 is 0 Å². The van der Waals surface area contributed by atoms with E-state index in [-0.39, 0.29) is 12.3 Å². The molecule has 0 radical (unpaired) electrons. The van der Waals surface area contributed by atoms with Gasteiger partial charge in [-0.2, -0.15) is 0 Å². The number of thiazole rings is 1. The van der Waals surface area contributed by atoms with Crippen LogP contribution in [0.15, 0.2) is 53.1 Å². The zero-order chi connectivity index (χ0) is 15.8. The summed E-state index contributed by atoms with van der Waals surface area (Å²) in [5, 5.41) is 5.57. The van der Waals surface area contributed by atoms with E-state index in [9.17, 15) is 4.79 Å². The molecule has 2 heterocycles. The number of carbonyl (C=O) groups excluding carboxylic acids is 1. The Bertz CT molecular complexity index is 972. The van der Waals surface area contributed by atoms with Crippen LogP contribution < -0.4 is 4.90 Å². The molecule has 23 heavy (non-hydrogen) atoms. The minimum absolute atomic E-state index is 0.0666. The minimum atomic E-state index is -0.0666. The molecule has 0 aliphatic carbocycles. The van der Waals surface area contributed by atoms with E-state index in [4.69, 9.17) is 4.52 Å². The highest BCUT2D eigenvalue weighted by Crippen LogP contribution is 2.28. The van der Waals surface area contributed by atoms with Crippen LogP contribution in [-0.4, -0.2) is 23.1 Å². The summed E-state index contributed by atoms with van der Waals surface area (Å²) in [5.41, 5.74) is 2.25. The normalized spacial score (nSPS) is 11.2. The van der Waals surface area contributed by atoms with Crippen molar-refractivity contribution in [3.05, 3.63) is 54.2 Å². The molecule has 4 aromatic rings. The van der Waals surface area contributed by atoms with E-state index < -0.39 is 0 Å². The molecular weight excluding hydrogens is 310 g/mol. The topological polar surface area (TPSA) is 59.2 Å². The van der Waals surface area contributed by atoms with Crippen LogP contribution >= 0.6 is 11.3 Å². The van der Waals surface area contributed by atoms with Crippen LogP contribution in [0.2, 0.25) is 0 Å². The molecule has 0 unspecified atom stereocenters. The smallest absolute Gasteiger partial charge is 0.234 e. The quantitative estimate of drug-likeness (QED) is 0.577. The molecule has 0 aliphatic rings. The Labute approximate surface area is 136 Å². The summed E-state index contributed by atoms with van der Waals surface area (Å²) in [6, 6.07) is 15.4.